The standard InChI is InChI=1S/C20H27N3O4S2/c1-20(2,3)19(25)22-16-11-9-15(10-12-16)21-17(24)7-5-13-23(4)29(26,27)18-8-6-14-28-18/h6,8-12,14H,5,7,13H2,1-4H3,(H,21,24)(H,22,25). The summed E-state index contributed by atoms with van der Waals surface area (Å²) in [6.45, 7) is 5.76. The Morgan fingerprint density at radius 1 is 1.03 bits per heavy atom. The van der Waals surface area contributed by atoms with E-state index in [-0.39, 0.29) is 24.8 Å². The van der Waals surface area contributed by atoms with Crippen LogP contribution < -0.4 is 10.6 Å². The molecule has 2 rings (SSSR count). The molecule has 0 saturated carbocycles. The number of carbonyl (C=O) groups is 2. The zero-order valence-corrected chi connectivity index (χ0v) is 18.7. The van der Waals surface area contributed by atoms with Gasteiger partial charge in [-0.25, -0.2) is 12.7 Å². The SMILES string of the molecule is CN(CCCC(=O)Nc1ccc(NC(=O)C(C)(C)C)cc1)S(=O)(=O)c1cccs1. The molecule has 0 unspecified atom stereocenters. The number of hydrogen-bond acceptors (Lipinski definition) is 5. The molecule has 1 aromatic carbocycles. The van der Waals surface area contributed by atoms with E-state index in [4.69, 9.17) is 0 Å². The Bertz CT molecular complexity index is 931. The third kappa shape index (κ3) is 6.66. The lowest BCUT2D eigenvalue weighted by Gasteiger charge is -2.18. The fraction of sp³-hybridized carbons (Fsp3) is 0.400. The van der Waals surface area contributed by atoms with Crippen molar-refractivity contribution in [3.05, 3.63) is 41.8 Å². The number of thiophene rings is 1. The van der Waals surface area contributed by atoms with Crippen molar-refractivity contribution in [1.29, 1.82) is 0 Å². The highest BCUT2D eigenvalue weighted by Crippen LogP contribution is 2.21. The molecule has 2 aromatic rings. The molecule has 9 heteroatoms. The summed E-state index contributed by atoms with van der Waals surface area (Å²) in [5, 5.41) is 7.31. The maximum absolute atomic E-state index is 12.3. The van der Waals surface area contributed by atoms with Crippen molar-refractivity contribution in [2.24, 2.45) is 5.41 Å². The summed E-state index contributed by atoms with van der Waals surface area (Å²) in [5.74, 6) is -0.283. The summed E-state index contributed by atoms with van der Waals surface area (Å²) in [5.41, 5.74) is 0.781. The van der Waals surface area contributed by atoms with Crippen LogP contribution in [0.2, 0.25) is 0 Å². The van der Waals surface area contributed by atoms with Crippen LogP contribution >= 0.6 is 11.3 Å². The van der Waals surface area contributed by atoms with Gasteiger partial charge in [-0.2, -0.15) is 0 Å². The van der Waals surface area contributed by atoms with Gasteiger partial charge in [0.15, 0.2) is 0 Å². The second-order valence-electron chi connectivity index (χ2n) is 7.69. The van der Waals surface area contributed by atoms with E-state index >= 15 is 0 Å². The Balaban J connectivity index is 1.80. The Kier molecular flexibility index (Phi) is 7.56. The van der Waals surface area contributed by atoms with Crippen molar-refractivity contribution in [2.75, 3.05) is 24.2 Å². The summed E-state index contributed by atoms with van der Waals surface area (Å²) in [4.78, 5) is 24.1. The molecule has 0 fully saturated rings. The third-order valence-corrected chi connectivity index (χ3v) is 7.37. The first-order valence-corrected chi connectivity index (χ1v) is 11.5. The van der Waals surface area contributed by atoms with Gasteiger partial charge in [-0.05, 0) is 42.1 Å². The van der Waals surface area contributed by atoms with Gasteiger partial charge in [0.2, 0.25) is 11.8 Å². The lowest BCUT2D eigenvalue weighted by Crippen LogP contribution is -2.28. The van der Waals surface area contributed by atoms with Crippen LogP contribution in [-0.2, 0) is 19.6 Å². The Morgan fingerprint density at radius 2 is 1.62 bits per heavy atom. The smallest absolute Gasteiger partial charge is 0.252 e. The van der Waals surface area contributed by atoms with E-state index in [0.29, 0.717) is 22.0 Å². The van der Waals surface area contributed by atoms with E-state index < -0.39 is 15.4 Å². The van der Waals surface area contributed by atoms with Crippen LogP contribution in [0, 0.1) is 5.41 Å². The molecule has 29 heavy (non-hydrogen) atoms. The van der Waals surface area contributed by atoms with E-state index in [1.807, 2.05) is 20.8 Å². The fourth-order valence-electron chi connectivity index (χ4n) is 2.33. The zero-order chi connectivity index (χ0) is 21.7. The summed E-state index contributed by atoms with van der Waals surface area (Å²) in [6, 6.07) is 10.1. The molecule has 0 spiro atoms. The summed E-state index contributed by atoms with van der Waals surface area (Å²) in [6.07, 6.45) is 0.611. The van der Waals surface area contributed by atoms with Gasteiger partial charge in [-0.15, -0.1) is 11.3 Å². The average molecular weight is 438 g/mol. The minimum atomic E-state index is -3.49. The van der Waals surface area contributed by atoms with Gasteiger partial charge in [-0.1, -0.05) is 26.8 Å². The van der Waals surface area contributed by atoms with Gasteiger partial charge >= 0.3 is 0 Å². The highest BCUT2D eigenvalue weighted by Gasteiger charge is 2.22. The second kappa shape index (κ2) is 9.51. The van der Waals surface area contributed by atoms with Crippen molar-refractivity contribution in [2.45, 2.75) is 37.8 Å². The van der Waals surface area contributed by atoms with Crippen LogP contribution in [0.4, 0.5) is 11.4 Å². The molecule has 0 radical (unpaired) electrons. The van der Waals surface area contributed by atoms with E-state index in [2.05, 4.69) is 10.6 Å². The Morgan fingerprint density at radius 3 is 2.14 bits per heavy atom. The first-order valence-electron chi connectivity index (χ1n) is 9.21. The number of sulfonamides is 1. The van der Waals surface area contributed by atoms with Gasteiger partial charge in [-0.3, -0.25) is 9.59 Å². The van der Waals surface area contributed by atoms with E-state index in [1.165, 1.54) is 22.7 Å². The minimum absolute atomic E-state index is 0.0871. The largest absolute Gasteiger partial charge is 0.326 e. The van der Waals surface area contributed by atoms with Gasteiger partial charge < -0.3 is 10.6 Å². The zero-order valence-electron chi connectivity index (χ0n) is 17.1. The van der Waals surface area contributed by atoms with E-state index in [0.717, 1.165) is 0 Å². The lowest BCUT2D eigenvalue weighted by molar-refractivity contribution is -0.123. The minimum Gasteiger partial charge on any atom is -0.326 e. The first kappa shape index (κ1) is 23.1. The molecule has 7 nitrogen and oxygen atoms in total. The molecule has 0 aliphatic carbocycles. The van der Waals surface area contributed by atoms with Crippen molar-refractivity contribution >= 4 is 44.5 Å². The lowest BCUT2D eigenvalue weighted by atomic mass is 9.95. The fourth-order valence-corrected chi connectivity index (χ4v) is 4.74. The number of benzene rings is 1. The molecule has 0 aliphatic rings. The van der Waals surface area contributed by atoms with E-state index in [9.17, 15) is 18.0 Å². The molecule has 0 aliphatic heterocycles. The Hall–Kier alpha value is -2.23. The van der Waals surface area contributed by atoms with Crippen LogP contribution in [0.25, 0.3) is 0 Å². The molecule has 2 N–H and O–H groups in total. The number of rotatable bonds is 8. The number of anilines is 2. The number of hydrogen-bond donors (Lipinski definition) is 2. The summed E-state index contributed by atoms with van der Waals surface area (Å²) < 4.78 is 26.2. The summed E-state index contributed by atoms with van der Waals surface area (Å²) >= 11 is 1.17. The predicted octanol–water partition coefficient (Wildman–Crippen LogP) is 3.77. The monoisotopic (exact) mass is 437 g/mol. The molecule has 158 valence electrons. The van der Waals surface area contributed by atoms with Gasteiger partial charge in [0.25, 0.3) is 10.0 Å². The Labute approximate surface area is 176 Å². The van der Waals surface area contributed by atoms with Crippen LogP contribution in [-0.4, -0.2) is 38.1 Å². The molecule has 2 amide bonds. The molecule has 1 aromatic heterocycles. The van der Waals surface area contributed by atoms with Crippen LogP contribution in [0.5, 0.6) is 0 Å². The van der Waals surface area contributed by atoms with Crippen molar-refractivity contribution in [3.63, 3.8) is 0 Å². The molecular formula is C20H27N3O4S2. The van der Waals surface area contributed by atoms with Crippen molar-refractivity contribution in [3.8, 4) is 0 Å². The predicted molar refractivity (Wildman–Crippen MR) is 117 cm³/mol. The molecule has 0 bridgehead atoms. The average Bonchev–Trinajstić information content (AvgIpc) is 3.18. The van der Waals surface area contributed by atoms with Crippen LogP contribution in [0.15, 0.2) is 46.0 Å². The van der Waals surface area contributed by atoms with Crippen molar-refractivity contribution in [1.82, 2.24) is 4.31 Å². The third-order valence-electron chi connectivity index (χ3n) is 4.14. The normalized spacial score (nSPS) is 12.0. The molecule has 0 atom stereocenters. The van der Waals surface area contributed by atoms with Gasteiger partial charge in [0.1, 0.15) is 4.21 Å². The summed E-state index contributed by atoms with van der Waals surface area (Å²) in [7, 11) is -1.98. The number of nitrogens with zero attached hydrogens (tertiary/aromatic N) is 1. The number of nitrogens with one attached hydrogen (secondary N) is 2. The quantitative estimate of drug-likeness (QED) is 0.657. The molecule has 1 heterocycles. The van der Waals surface area contributed by atoms with E-state index in [1.54, 1.807) is 41.8 Å². The topological polar surface area (TPSA) is 95.6 Å². The highest BCUT2D eigenvalue weighted by atomic mass is 32.2. The van der Waals surface area contributed by atoms with Crippen LogP contribution in [0.3, 0.4) is 0 Å². The second-order valence-corrected chi connectivity index (χ2v) is 10.9. The number of amides is 2. The maximum atomic E-state index is 12.3. The number of carbonyl (C=O) groups excluding carboxylic acids is 2. The highest BCUT2D eigenvalue weighted by molar-refractivity contribution is 7.91. The first-order chi connectivity index (χ1) is 13.5. The van der Waals surface area contributed by atoms with Crippen LogP contribution in [0.1, 0.15) is 33.6 Å². The van der Waals surface area contributed by atoms with Gasteiger partial charge in [0.05, 0.1) is 0 Å². The molecule has 0 saturated heterocycles. The molecular weight excluding hydrogens is 410 g/mol. The van der Waals surface area contributed by atoms with Crippen molar-refractivity contribution < 1.29 is 18.0 Å². The van der Waals surface area contributed by atoms with Gasteiger partial charge in [0, 0.05) is 36.8 Å². The maximum Gasteiger partial charge on any atom is 0.252 e.